The van der Waals surface area contributed by atoms with Gasteiger partial charge in [-0.2, -0.15) is 0 Å². The van der Waals surface area contributed by atoms with Gasteiger partial charge >= 0.3 is 6.09 Å². The lowest BCUT2D eigenvalue weighted by molar-refractivity contribution is -0.135. The third-order valence-corrected chi connectivity index (χ3v) is 6.29. The van der Waals surface area contributed by atoms with E-state index in [1.807, 2.05) is 50.8 Å². The summed E-state index contributed by atoms with van der Waals surface area (Å²) in [6.45, 7) is 9.72. The molecule has 0 aliphatic carbocycles. The maximum Gasteiger partial charge on any atom is 0.408 e. The quantitative estimate of drug-likeness (QED) is 0.680. The monoisotopic (exact) mass is 443 g/mol. The molecule has 176 valence electrons. The van der Waals surface area contributed by atoms with Gasteiger partial charge in [0.15, 0.2) is 0 Å². The van der Waals surface area contributed by atoms with E-state index in [0.29, 0.717) is 13.0 Å². The highest BCUT2D eigenvalue weighted by atomic mass is 16.6. The van der Waals surface area contributed by atoms with Gasteiger partial charge < -0.3 is 20.3 Å². The third kappa shape index (κ3) is 6.02. The normalized spacial score (nSPS) is 26.7. The molecule has 32 heavy (non-hydrogen) atoms. The highest BCUT2D eigenvalue weighted by Crippen LogP contribution is 2.34. The molecule has 0 aromatic heterocycles. The van der Waals surface area contributed by atoms with E-state index in [2.05, 4.69) is 16.7 Å². The van der Waals surface area contributed by atoms with Gasteiger partial charge in [-0.3, -0.25) is 9.59 Å². The van der Waals surface area contributed by atoms with Crippen LogP contribution in [0.1, 0.15) is 89.9 Å². The number of nitrogens with one attached hydrogen (secondary N) is 2. The van der Waals surface area contributed by atoms with Crippen molar-refractivity contribution in [3.05, 3.63) is 35.4 Å². The lowest BCUT2D eigenvalue weighted by Gasteiger charge is -2.42. The second-order valence-electron chi connectivity index (χ2n) is 10.1. The standard InChI is InChI=1S/C25H37N3O4/c1-16-9-6-12-20(27-24(31)32-25(3,4)5)18-10-7-11-19(15-18)22-21(26-23(16)30)13-8-14-28(22)17(2)29/h7,10-11,15-16,20-22H,6,8-9,12-14H2,1-5H3,(H,26,30)(H,27,31)/t16-,20+,21?,22?/m1/s1. The highest BCUT2D eigenvalue weighted by Gasteiger charge is 2.36. The Balaban J connectivity index is 1.98. The molecule has 1 aromatic carbocycles. The maximum atomic E-state index is 12.9. The van der Waals surface area contributed by atoms with Gasteiger partial charge in [0, 0.05) is 19.4 Å². The van der Waals surface area contributed by atoms with Crippen LogP contribution in [0, 0.1) is 5.92 Å². The van der Waals surface area contributed by atoms with E-state index >= 15 is 0 Å². The van der Waals surface area contributed by atoms with Gasteiger partial charge in [0.2, 0.25) is 11.8 Å². The van der Waals surface area contributed by atoms with E-state index in [1.54, 1.807) is 6.92 Å². The van der Waals surface area contributed by atoms with Gasteiger partial charge in [0.1, 0.15) is 5.60 Å². The van der Waals surface area contributed by atoms with Crippen molar-refractivity contribution in [3.63, 3.8) is 0 Å². The predicted molar refractivity (Wildman–Crippen MR) is 123 cm³/mol. The van der Waals surface area contributed by atoms with Crippen molar-refractivity contribution >= 4 is 17.9 Å². The predicted octanol–water partition coefficient (Wildman–Crippen LogP) is 4.24. The van der Waals surface area contributed by atoms with Crippen LogP contribution in [0.3, 0.4) is 0 Å². The Kier molecular flexibility index (Phi) is 7.47. The van der Waals surface area contributed by atoms with Crippen molar-refractivity contribution in [1.29, 1.82) is 0 Å². The Morgan fingerprint density at radius 1 is 1.12 bits per heavy atom. The molecule has 2 bridgehead atoms. The molecule has 1 aromatic rings. The molecular formula is C25H37N3O4. The summed E-state index contributed by atoms with van der Waals surface area (Å²) in [7, 11) is 0. The van der Waals surface area contributed by atoms with Crippen molar-refractivity contribution in [3.8, 4) is 0 Å². The molecular weight excluding hydrogens is 406 g/mol. The molecule has 0 saturated carbocycles. The molecule has 7 heteroatoms. The number of carbonyl (C=O) groups excluding carboxylic acids is 3. The lowest BCUT2D eigenvalue weighted by Crippen LogP contribution is -2.52. The number of piperidine rings is 1. The Bertz CT molecular complexity index is 848. The summed E-state index contributed by atoms with van der Waals surface area (Å²) in [5.41, 5.74) is 1.38. The molecule has 2 aliphatic rings. The lowest BCUT2D eigenvalue weighted by atomic mass is 9.86. The Morgan fingerprint density at radius 3 is 2.53 bits per heavy atom. The number of nitrogens with zero attached hydrogens (tertiary/aromatic N) is 1. The van der Waals surface area contributed by atoms with Gasteiger partial charge in [0.05, 0.1) is 18.1 Å². The number of alkyl carbamates (subject to hydrolysis) is 1. The summed E-state index contributed by atoms with van der Waals surface area (Å²) >= 11 is 0. The van der Waals surface area contributed by atoms with Crippen LogP contribution in [0.4, 0.5) is 4.79 Å². The van der Waals surface area contributed by atoms with Gasteiger partial charge in [-0.1, -0.05) is 37.6 Å². The number of carbonyl (C=O) groups is 3. The minimum Gasteiger partial charge on any atom is -0.444 e. The molecule has 4 atom stereocenters. The van der Waals surface area contributed by atoms with Crippen LogP contribution in [0.15, 0.2) is 24.3 Å². The fourth-order valence-electron chi connectivity index (χ4n) is 4.73. The first-order chi connectivity index (χ1) is 15.0. The number of ether oxygens (including phenoxy) is 1. The number of fused-ring (bicyclic) bond motifs is 4. The van der Waals surface area contributed by atoms with E-state index in [4.69, 9.17) is 4.74 Å². The van der Waals surface area contributed by atoms with Crippen molar-refractivity contribution in [2.45, 2.75) is 90.4 Å². The second-order valence-corrected chi connectivity index (χ2v) is 10.1. The van der Waals surface area contributed by atoms with Crippen LogP contribution in [0.5, 0.6) is 0 Å². The van der Waals surface area contributed by atoms with Crippen LogP contribution in [0.25, 0.3) is 0 Å². The van der Waals surface area contributed by atoms with Gasteiger partial charge in [-0.25, -0.2) is 4.79 Å². The zero-order valence-electron chi connectivity index (χ0n) is 19.9. The van der Waals surface area contributed by atoms with E-state index in [-0.39, 0.29) is 35.9 Å². The molecule has 2 heterocycles. The Labute approximate surface area is 191 Å². The molecule has 0 spiro atoms. The molecule has 1 fully saturated rings. The van der Waals surface area contributed by atoms with E-state index in [1.165, 1.54) is 0 Å². The van der Waals surface area contributed by atoms with Crippen LogP contribution in [-0.2, 0) is 14.3 Å². The smallest absolute Gasteiger partial charge is 0.408 e. The minimum atomic E-state index is -0.582. The van der Waals surface area contributed by atoms with Gasteiger partial charge in [-0.05, 0) is 57.6 Å². The number of hydrogen-bond donors (Lipinski definition) is 2. The van der Waals surface area contributed by atoms with Crippen LogP contribution in [0.2, 0.25) is 0 Å². The molecule has 2 aliphatic heterocycles. The molecule has 2 unspecified atom stereocenters. The molecule has 2 N–H and O–H groups in total. The number of amides is 3. The van der Waals surface area contributed by atoms with Crippen molar-refractivity contribution < 1.29 is 19.1 Å². The fourth-order valence-corrected chi connectivity index (χ4v) is 4.73. The average molecular weight is 444 g/mol. The molecule has 1 saturated heterocycles. The zero-order valence-corrected chi connectivity index (χ0v) is 19.9. The van der Waals surface area contributed by atoms with E-state index in [0.717, 1.165) is 36.8 Å². The van der Waals surface area contributed by atoms with Crippen molar-refractivity contribution in [1.82, 2.24) is 15.5 Å². The number of benzene rings is 1. The Morgan fingerprint density at radius 2 is 1.84 bits per heavy atom. The van der Waals surface area contributed by atoms with Crippen molar-refractivity contribution in [2.24, 2.45) is 5.92 Å². The van der Waals surface area contributed by atoms with E-state index in [9.17, 15) is 14.4 Å². The largest absolute Gasteiger partial charge is 0.444 e. The first kappa shape index (κ1) is 24.1. The molecule has 0 radical (unpaired) electrons. The number of hydrogen-bond acceptors (Lipinski definition) is 4. The summed E-state index contributed by atoms with van der Waals surface area (Å²) in [6.07, 6.45) is 3.46. The summed E-state index contributed by atoms with van der Waals surface area (Å²) in [4.78, 5) is 39.7. The van der Waals surface area contributed by atoms with Crippen molar-refractivity contribution in [2.75, 3.05) is 6.54 Å². The fraction of sp³-hybridized carbons (Fsp3) is 0.640. The van der Waals surface area contributed by atoms with Gasteiger partial charge in [0.25, 0.3) is 0 Å². The first-order valence-corrected chi connectivity index (χ1v) is 11.7. The number of likely N-dealkylation sites (tertiary alicyclic amines) is 1. The van der Waals surface area contributed by atoms with Crippen LogP contribution >= 0.6 is 0 Å². The minimum absolute atomic E-state index is 0.00271. The molecule has 3 rings (SSSR count). The van der Waals surface area contributed by atoms with Crippen LogP contribution < -0.4 is 10.6 Å². The van der Waals surface area contributed by atoms with Crippen LogP contribution in [-0.4, -0.2) is 41.0 Å². The summed E-state index contributed by atoms with van der Waals surface area (Å²) < 4.78 is 5.49. The SMILES string of the molecule is CC(=O)N1CCCC2NC(=O)[C@H](C)CCC[C@H](NC(=O)OC(C)(C)C)c3cccc(c3)C21. The average Bonchev–Trinajstić information content (AvgIpc) is 2.70. The molecule has 7 nitrogen and oxygen atoms in total. The Hall–Kier alpha value is -2.57. The highest BCUT2D eigenvalue weighted by molar-refractivity contribution is 5.79. The van der Waals surface area contributed by atoms with E-state index < -0.39 is 11.7 Å². The summed E-state index contributed by atoms with van der Waals surface area (Å²) in [5, 5.41) is 6.25. The maximum absolute atomic E-state index is 12.9. The third-order valence-electron chi connectivity index (χ3n) is 6.29. The van der Waals surface area contributed by atoms with Gasteiger partial charge in [-0.15, -0.1) is 0 Å². The zero-order chi connectivity index (χ0) is 23.5. The second kappa shape index (κ2) is 9.92. The number of rotatable bonds is 1. The summed E-state index contributed by atoms with van der Waals surface area (Å²) in [5.74, 6) is -0.106. The summed E-state index contributed by atoms with van der Waals surface area (Å²) in [6, 6.07) is 7.47. The topological polar surface area (TPSA) is 87.7 Å². The first-order valence-electron chi connectivity index (χ1n) is 11.7. The molecule has 3 amide bonds.